The van der Waals surface area contributed by atoms with Crippen LogP contribution in [-0.2, 0) is 4.74 Å². The zero-order valence-corrected chi connectivity index (χ0v) is 9.07. The van der Waals surface area contributed by atoms with Gasteiger partial charge in [-0.1, -0.05) is 0 Å². The number of nitrogens with zero attached hydrogens (tertiary/aromatic N) is 2. The Hall–Kier alpha value is -1.16. The van der Waals surface area contributed by atoms with E-state index in [1.54, 1.807) is 6.20 Å². The Balaban J connectivity index is 1.73. The van der Waals surface area contributed by atoms with Crippen LogP contribution in [0.25, 0.3) is 0 Å². The molecule has 1 unspecified atom stereocenters. The summed E-state index contributed by atoms with van der Waals surface area (Å²) >= 11 is 0. The summed E-state index contributed by atoms with van der Waals surface area (Å²) in [5.74, 6) is 0.716. The summed E-state index contributed by atoms with van der Waals surface area (Å²) < 4.78 is 5.53. The normalized spacial score (nSPS) is 20.5. The van der Waals surface area contributed by atoms with E-state index >= 15 is 0 Å². The average molecular weight is 207 g/mol. The third-order valence-electron chi connectivity index (χ3n) is 2.57. The van der Waals surface area contributed by atoms with Crippen LogP contribution in [0.2, 0.25) is 0 Å². The Kier molecular flexibility index (Phi) is 3.50. The van der Waals surface area contributed by atoms with Crippen molar-refractivity contribution in [1.82, 2.24) is 9.97 Å². The molecule has 4 heteroatoms. The van der Waals surface area contributed by atoms with Crippen molar-refractivity contribution in [2.75, 3.05) is 18.5 Å². The predicted molar refractivity (Wildman–Crippen MR) is 58.8 cm³/mol. The maximum Gasteiger partial charge on any atom is 0.222 e. The van der Waals surface area contributed by atoms with Crippen LogP contribution in [0.1, 0.15) is 25.0 Å². The monoisotopic (exact) mass is 207 g/mol. The molecule has 0 amide bonds. The molecule has 15 heavy (non-hydrogen) atoms. The zero-order chi connectivity index (χ0) is 10.5. The largest absolute Gasteiger partial charge is 0.378 e. The van der Waals surface area contributed by atoms with Crippen LogP contribution >= 0.6 is 0 Å². The van der Waals surface area contributed by atoms with Crippen molar-refractivity contribution >= 4 is 5.95 Å². The van der Waals surface area contributed by atoms with E-state index in [1.807, 2.05) is 13.0 Å². The molecule has 0 aliphatic carbocycles. The first-order valence-electron chi connectivity index (χ1n) is 5.50. The summed E-state index contributed by atoms with van der Waals surface area (Å²) in [5, 5.41) is 3.21. The maximum atomic E-state index is 5.53. The molecule has 82 valence electrons. The molecule has 4 nitrogen and oxygen atoms in total. The second kappa shape index (κ2) is 5.07. The molecule has 0 saturated carbocycles. The summed E-state index contributed by atoms with van der Waals surface area (Å²) in [6.45, 7) is 3.77. The van der Waals surface area contributed by atoms with E-state index in [2.05, 4.69) is 15.3 Å². The first kappa shape index (κ1) is 10.4. The van der Waals surface area contributed by atoms with Crippen molar-refractivity contribution in [3.8, 4) is 0 Å². The number of aryl methyl sites for hydroxylation is 1. The quantitative estimate of drug-likeness (QED) is 0.817. The number of nitrogens with one attached hydrogen (secondary N) is 1. The van der Waals surface area contributed by atoms with Gasteiger partial charge in [0.25, 0.3) is 0 Å². The van der Waals surface area contributed by atoms with E-state index in [4.69, 9.17) is 4.74 Å². The minimum Gasteiger partial charge on any atom is -0.378 e. The molecule has 1 N–H and O–H groups in total. The molecule has 0 radical (unpaired) electrons. The summed E-state index contributed by atoms with van der Waals surface area (Å²) in [4.78, 5) is 8.41. The summed E-state index contributed by atoms with van der Waals surface area (Å²) in [5.41, 5.74) is 0.990. The van der Waals surface area contributed by atoms with E-state index in [0.717, 1.165) is 25.3 Å². The molecule has 1 aliphatic rings. The van der Waals surface area contributed by atoms with Gasteiger partial charge in [-0.3, -0.25) is 0 Å². The summed E-state index contributed by atoms with van der Waals surface area (Å²) in [6.07, 6.45) is 5.64. The molecule has 0 bridgehead atoms. The number of rotatable bonds is 4. The van der Waals surface area contributed by atoms with Gasteiger partial charge >= 0.3 is 0 Å². The summed E-state index contributed by atoms with van der Waals surface area (Å²) in [7, 11) is 0. The van der Waals surface area contributed by atoms with Crippen LogP contribution in [0.5, 0.6) is 0 Å². The molecule has 2 rings (SSSR count). The lowest BCUT2D eigenvalue weighted by Gasteiger charge is -2.09. The van der Waals surface area contributed by atoms with Crippen LogP contribution in [-0.4, -0.2) is 29.2 Å². The topological polar surface area (TPSA) is 47.0 Å². The number of anilines is 1. The van der Waals surface area contributed by atoms with Crippen molar-refractivity contribution < 1.29 is 4.74 Å². The van der Waals surface area contributed by atoms with Crippen LogP contribution < -0.4 is 5.32 Å². The Morgan fingerprint density at radius 3 is 3.27 bits per heavy atom. The lowest BCUT2D eigenvalue weighted by Crippen LogP contribution is -2.13. The van der Waals surface area contributed by atoms with Gasteiger partial charge in [0.1, 0.15) is 0 Å². The van der Waals surface area contributed by atoms with Gasteiger partial charge in [0.05, 0.1) is 6.10 Å². The predicted octanol–water partition coefficient (Wildman–Crippen LogP) is 1.77. The Bertz CT molecular complexity index is 310. The molecule has 1 atom stereocenters. The minimum atomic E-state index is 0.433. The highest BCUT2D eigenvalue weighted by Crippen LogP contribution is 2.14. The lowest BCUT2D eigenvalue weighted by atomic mass is 10.2. The Labute approximate surface area is 90.1 Å². The first-order chi connectivity index (χ1) is 7.34. The van der Waals surface area contributed by atoms with Gasteiger partial charge in [0.15, 0.2) is 0 Å². The van der Waals surface area contributed by atoms with Crippen LogP contribution in [0.3, 0.4) is 0 Å². The fourth-order valence-electron chi connectivity index (χ4n) is 1.75. The lowest BCUT2D eigenvalue weighted by molar-refractivity contribution is 0.107. The molecular weight excluding hydrogens is 190 g/mol. The molecule has 1 saturated heterocycles. The van der Waals surface area contributed by atoms with Gasteiger partial charge < -0.3 is 10.1 Å². The van der Waals surface area contributed by atoms with E-state index in [1.165, 1.54) is 12.8 Å². The number of aromatic nitrogens is 2. The molecule has 1 fully saturated rings. The highest BCUT2D eigenvalue weighted by Gasteiger charge is 2.14. The standard InChI is InChI=1S/C11H17N3O/c1-9-4-6-12-11(14-9)13-7-5-10-3-2-8-15-10/h4,6,10H,2-3,5,7-8H2,1H3,(H,12,13,14). The van der Waals surface area contributed by atoms with E-state index in [0.29, 0.717) is 12.1 Å². The van der Waals surface area contributed by atoms with E-state index in [-0.39, 0.29) is 0 Å². The van der Waals surface area contributed by atoms with Gasteiger partial charge in [-0.05, 0) is 32.3 Å². The van der Waals surface area contributed by atoms with Crippen LogP contribution in [0.15, 0.2) is 12.3 Å². The minimum absolute atomic E-state index is 0.433. The molecule has 0 spiro atoms. The molecule has 1 aromatic rings. The van der Waals surface area contributed by atoms with Gasteiger partial charge in [0.2, 0.25) is 5.95 Å². The zero-order valence-electron chi connectivity index (χ0n) is 9.07. The van der Waals surface area contributed by atoms with E-state index in [9.17, 15) is 0 Å². The van der Waals surface area contributed by atoms with Gasteiger partial charge in [-0.25, -0.2) is 9.97 Å². The van der Waals surface area contributed by atoms with Crippen LogP contribution in [0, 0.1) is 6.92 Å². The Morgan fingerprint density at radius 1 is 1.60 bits per heavy atom. The fraction of sp³-hybridized carbons (Fsp3) is 0.636. The number of ether oxygens (including phenoxy) is 1. The molecule has 1 aromatic heterocycles. The average Bonchev–Trinajstić information content (AvgIpc) is 2.71. The van der Waals surface area contributed by atoms with Gasteiger partial charge in [0, 0.05) is 25.0 Å². The smallest absolute Gasteiger partial charge is 0.222 e. The van der Waals surface area contributed by atoms with Crippen molar-refractivity contribution in [3.05, 3.63) is 18.0 Å². The Morgan fingerprint density at radius 2 is 2.53 bits per heavy atom. The highest BCUT2D eigenvalue weighted by molar-refractivity contribution is 5.24. The molecule has 2 heterocycles. The fourth-order valence-corrected chi connectivity index (χ4v) is 1.75. The molecule has 1 aliphatic heterocycles. The third-order valence-corrected chi connectivity index (χ3v) is 2.57. The highest BCUT2D eigenvalue weighted by atomic mass is 16.5. The van der Waals surface area contributed by atoms with Crippen molar-refractivity contribution in [2.24, 2.45) is 0 Å². The molecular formula is C11H17N3O. The van der Waals surface area contributed by atoms with E-state index < -0.39 is 0 Å². The second-order valence-corrected chi connectivity index (χ2v) is 3.87. The summed E-state index contributed by atoms with van der Waals surface area (Å²) in [6, 6.07) is 1.89. The molecule has 0 aromatic carbocycles. The van der Waals surface area contributed by atoms with Crippen molar-refractivity contribution in [2.45, 2.75) is 32.3 Å². The van der Waals surface area contributed by atoms with Crippen molar-refractivity contribution in [1.29, 1.82) is 0 Å². The van der Waals surface area contributed by atoms with Gasteiger partial charge in [-0.15, -0.1) is 0 Å². The number of hydrogen-bond donors (Lipinski definition) is 1. The third kappa shape index (κ3) is 3.16. The van der Waals surface area contributed by atoms with Crippen LogP contribution in [0.4, 0.5) is 5.95 Å². The first-order valence-corrected chi connectivity index (χ1v) is 5.50. The van der Waals surface area contributed by atoms with Gasteiger partial charge in [-0.2, -0.15) is 0 Å². The van der Waals surface area contributed by atoms with Crippen molar-refractivity contribution in [3.63, 3.8) is 0 Å². The SMILES string of the molecule is Cc1ccnc(NCCC2CCCO2)n1. The second-order valence-electron chi connectivity index (χ2n) is 3.87. The number of hydrogen-bond acceptors (Lipinski definition) is 4. The maximum absolute atomic E-state index is 5.53.